The molecule has 0 radical (unpaired) electrons. The van der Waals surface area contributed by atoms with Gasteiger partial charge in [0.2, 0.25) is 0 Å². The van der Waals surface area contributed by atoms with Crippen LogP contribution in [0.4, 0.5) is 13.2 Å². The van der Waals surface area contributed by atoms with Crippen molar-refractivity contribution in [1.82, 2.24) is 0 Å². The summed E-state index contributed by atoms with van der Waals surface area (Å²) in [6.07, 6.45) is -4.45. The van der Waals surface area contributed by atoms with E-state index in [0.717, 1.165) is 12.1 Å². The second-order valence-corrected chi connectivity index (χ2v) is 3.70. The van der Waals surface area contributed by atoms with Gasteiger partial charge in [-0.25, -0.2) is 4.79 Å². The van der Waals surface area contributed by atoms with Crippen LogP contribution in [0.1, 0.15) is 15.9 Å². The fourth-order valence-electron chi connectivity index (χ4n) is 1.04. The number of hydrogen-bond acceptors (Lipinski definition) is 2. The lowest BCUT2D eigenvalue weighted by Gasteiger charge is -2.08. The minimum Gasteiger partial charge on any atom is -0.461 e. The second kappa shape index (κ2) is 5.34. The van der Waals surface area contributed by atoms with Crippen molar-refractivity contribution in [3.8, 4) is 0 Å². The molecule has 0 aliphatic heterocycles. The minimum absolute atomic E-state index is 0.101. The number of rotatable bonds is 3. The summed E-state index contributed by atoms with van der Waals surface area (Å²) in [4.78, 5) is 11.3. The van der Waals surface area contributed by atoms with E-state index in [1.807, 2.05) is 0 Å². The summed E-state index contributed by atoms with van der Waals surface area (Å²) in [7, 11) is 0. The van der Waals surface area contributed by atoms with Gasteiger partial charge in [0, 0.05) is 5.33 Å². The molecule has 0 amide bonds. The van der Waals surface area contributed by atoms with Crippen molar-refractivity contribution in [3.05, 3.63) is 35.4 Å². The van der Waals surface area contributed by atoms with Gasteiger partial charge in [-0.3, -0.25) is 0 Å². The molecule has 0 saturated carbocycles. The van der Waals surface area contributed by atoms with E-state index in [4.69, 9.17) is 4.74 Å². The highest BCUT2D eigenvalue weighted by atomic mass is 79.9. The van der Waals surface area contributed by atoms with Gasteiger partial charge in [0.15, 0.2) is 0 Å². The molecule has 1 rings (SSSR count). The van der Waals surface area contributed by atoms with E-state index in [9.17, 15) is 18.0 Å². The molecule has 0 saturated heterocycles. The van der Waals surface area contributed by atoms with Crippen LogP contribution >= 0.6 is 15.9 Å². The zero-order chi connectivity index (χ0) is 12.2. The van der Waals surface area contributed by atoms with Crippen molar-refractivity contribution in [1.29, 1.82) is 0 Å². The summed E-state index contributed by atoms with van der Waals surface area (Å²) in [5, 5.41) is 0.442. The highest BCUT2D eigenvalue weighted by Gasteiger charge is 2.30. The zero-order valence-corrected chi connectivity index (χ0v) is 9.64. The molecule has 0 aliphatic rings. The smallest absolute Gasteiger partial charge is 0.416 e. The maximum atomic E-state index is 12.3. The molecule has 88 valence electrons. The highest BCUT2D eigenvalue weighted by molar-refractivity contribution is 9.09. The van der Waals surface area contributed by atoms with Gasteiger partial charge in [0.25, 0.3) is 0 Å². The van der Waals surface area contributed by atoms with E-state index in [1.54, 1.807) is 0 Å². The number of carbonyl (C=O) groups is 1. The van der Waals surface area contributed by atoms with Gasteiger partial charge in [-0.1, -0.05) is 22.0 Å². The van der Waals surface area contributed by atoms with Crippen molar-refractivity contribution < 1.29 is 22.7 Å². The van der Waals surface area contributed by atoms with Gasteiger partial charge in [-0.2, -0.15) is 13.2 Å². The quantitative estimate of drug-likeness (QED) is 0.632. The van der Waals surface area contributed by atoms with Gasteiger partial charge in [-0.15, -0.1) is 0 Å². The van der Waals surface area contributed by atoms with Crippen molar-refractivity contribution in [2.75, 3.05) is 11.9 Å². The van der Waals surface area contributed by atoms with Crippen LogP contribution in [-0.2, 0) is 10.9 Å². The molecular weight excluding hydrogens is 289 g/mol. The molecule has 0 N–H and O–H groups in total. The summed E-state index contributed by atoms with van der Waals surface area (Å²) in [5.41, 5.74) is -0.962. The molecule has 0 fully saturated rings. The van der Waals surface area contributed by atoms with Crippen LogP contribution in [0.2, 0.25) is 0 Å². The van der Waals surface area contributed by atoms with Gasteiger partial charge < -0.3 is 4.74 Å². The molecule has 6 heteroatoms. The number of carbonyl (C=O) groups excluding carboxylic acids is 1. The molecule has 1 aromatic carbocycles. The average molecular weight is 297 g/mol. The standard InChI is InChI=1S/C10H8BrF3O2/c11-4-5-16-9(15)7-2-1-3-8(6-7)10(12,13)14/h1-3,6H,4-5H2. The monoisotopic (exact) mass is 296 g/mol. The normalized spacial score (nSPS) is 11.2. The fourth-order valence-corrected chi connectivity index (χ4v) is 1.20. The molecule has 1 aromatic rings. The summed E-state index contributed by atoms with van der Waals surface area (Å²) in [6, 6.07) is 4.14. The molecule has 0 unspecified atom stereocenters. The van der Waals surface area contributed by atoms with E-state index >= 15 is 0 Å². The fraction of sp³-hybridized carbons (Fsp3) is 0.300. The van der Waals surface area contributed by atoms with Crippen LogP contribution in [0.3, 0.4) is 0 Å². The van der Waals surface area contributed by atoms with Crippen molar-refractivity contribution in [2.24, 2.45) is 0 Å². The van der Waals surface area contributed by atoms with Crippen LogP contribution in [0, 0.1) is 0 Å². The van der Waals surface area contributed by atoms with Crippen LogP contribution < -0.4 is 0 Å². The van der Waals surface area contributed by atoms with Crippen LogP contribution in [0.5, 0.6) is 0 Å². The van der Waals surface area contributed by atoms with E-state index in [-0.39, 0.29) is 12.2 Å². The molecule has 0 spiro atoms. The van der Waals surface area contributed by atoms with Gasteiger partial charge in [-0.05, 0) is 18.2 Å². The Morgan fingerprint density at radius 2 is 2.06 bits per heavy atom. The Morgan fingerprint density at radius 3 is 2.62 bits per heavy atom. The SMILES string of the molecule is O=C(OCCBr)c1cccc(C(F)(F)F)c1. The summed E-state index contributed by atoms with van der Waals surface area (Å²) >= 11 is 3.04. The first-order valence-corrected chi connectivity index (χ1v) is 5.47. The number of esters is 1. The first-order chi connectivity index (χ1) is 7.45. The Morgan fingerprint density at radius 1 is 1.38 bits per heavy atom. The topological polar surface area (TPSA) is 26.3 Å². The van der Waals surface area contributed by atoms with E-state index in [1.165, 1.54) is 12.1 Å². The average Bonchev–Trinajstić information content (AvgIpc) is 2.25. The maximum absolute atomic E-state index is 12.3. The molecule has 0 aromatic heterocycles. The molecule has 0 heterocycles. The van der Waals surface area contributed by atoms with Crippen molar-refractivity contribution in [2.45, 2.75) is 6.18 Å². The highest BCUT2D eigenvalue weighted by Crippen LogP contribution is 2.29. The summed E-state index contributed by atoms with van der Waals surface area (Å²) in [6.45, 7) is 0.120. The Balaban J connectivity index is 2.86. The zero-order valence-electron chi connectivity index (χ0n) is 8.05. The molecule has 0 aliphatic carbocycles. The molecule has 2 nitrogen and oxygen atoms in total. The van der Waals surface area contributed by atoms with Gasteiger partial charge in [0.05, 0.1) is 11.1 Å². The third kappa shape index (κ3) is 3.52. The third-order valence-electron chi connectivity index (χ3n) is 1.74. The van der Waals surface area contributed by atoms with Crippen LogP contribution in [0.15, 0.2) is 24.3 Å². The number of hydrogen-bond donors (Lipinski definition) is 0. The van der Waals surface area contributed by atoms with Crippen molar-refractivity contribution >= 4 is 21.9 Å². The first kappa shape index (κ1) is 13.0. The Hall–Kier alpha value is -1.04. The lowest BCUT2D eigenvalue weighted by Crippen LogP contribution is -2.10. The Bertz CT molecular complexity index is 377. The molecule has 0 atom stereocenters. The summed E-state index contributed by atoms with van der Waals surface area (Å²) < 4.78 is 41.7. The second-order valence-electron chi connectivity index (χ2n) is 2.90. The van der Waals surface area contributed by atoms with Gasteiger partial charge in [0.1, 0.15) is 6.61 Å². The van der Waals surface area contributed by atoms with Crippen molar-refractivity contribution in [3.63, 3.8) is 0 Å². The van der Waals surface area contributed by atoms with E-state index in [2.05, 4.69) is 15.9 Å². The predicted molar refractivity (Wildman–Crippen MR) is 55.5 cm³/mol. The molecular formula is C10H8BrF3O2. The lowest BCUT2D eigenvalue weighted by atomic mass is 10.1. The molecule has 16 heavy (non-hydrogen) atoms. The largest absolute Gasteiger partial charge is 0.461 e. The third-order valence-corrected chi connectivity index (χ3v) is 2.06. The predicted octanol–water partition coefficient (Wildman–Crippen LogP) is 3.26. The maximum Gasteiger partial charge on any atom is 0.416 e. The number of alkyl halides is 4. The van der Waals surface area contributed by atoms with E-state index in [0.29, 0.717) is 5.33 Å². The molecule has 0 bridgehead atoms. The van der Waals surface area contributed by atoms with E-state index < -0.39 is 17.7 Å². The first-order valence-electron chi connectivity index (χ1n) is 4.35. The Labute approximate surface area is 98.5 Å². The number of benzene rings is 1. The summed E-state index contributed by atoms with van der Waals surface area (Å²) in [5.74, 6) is -0.759. The Kier molecular flexibility index (Phi) is 4.35. The van der Waals surface area contributed by atoms with Gasteiger partial charge >= 0.3 is 12.1 Å². The van der Waals surface area contributed by atoms with Crippen LogP contribution in [-0.4, -0.2) is 17.9 Å². The lowest BCUT2D eigenvalue weighted by molar-refractivity contribution is -0.137. The van der Waals surface area contributed by atoms with Crippen LogP contribution in [0.25, 0.3) is 0 Å². The number of halogens is 4. The number of ether oxygens (including phenoxy) is 1. The minimum atomic E-state index is -4.45.